The van der Waals surface area contributed by atoms with Crippen molar-refractivity contribution in [3.05, 3.63) is 102 Å². The van der Waals surface area contributed by atoms with Crippen LogP contribution in [0.1, 0.15) is 37.9 Å². The standard InChI is InChI=1S/C29H31F2N3/c1-3-5-19-33(20-24-25(30)17-12-18-26(24)31)21-27-28(22-13-8-6-9-14-22)32-29(34(27)4-2)23-15-10-7-11-16-23/h6-18H,3-5,19-21H2,1-2H3. The van der Waals surface area contributed by atoms with Gasteiger partial charge in [-0.05, 0) is 32.0 Å². The van der Waals surface area contributed by atoms with Crippen LogP contribution >= 0.6 is 0 Å². The van der Waals surface area contributed by atoms with Gasteiger partial charge in [-0.15, -0.1) is 0 Å². The maximum absolute atomic E-state index is 14.5. The minimum atomic E-state index is -0.501. The topological polar surface area (TPSA) is 21.1 Å². The third kappa shape index (κ3) is 5.26. The van der Waals surface area contributed by atoms with Gasteiger partial charge in [-0.25, -0.2) is 13.8 Å². The van der Waals surface area contributed by atoms with E-state index in [1.54, 1.807) is 0 Å². The van der Waals surface area contributed by atoms with Gasteiger partial charge in [-0.1, -0.05) is 80.1 Å². The van der Waals surface area contributed by atoms with Crippen molar-refractivity contribution in [2.45, 2.75) is 46.3 Å². The van der Waals surface area contributed by atoms with Crippen molar-refractivity contribution in [1.29, 1.82) is 0 Å². The molecule has 0 fully saturated rings. The fourth-order valence-electron chi connectivity index (χ4n) is 4.34. The van der Waals surface area contributed by atoms with Crippen LogP contribution in [0.25, 0.3) is 22.6 Å². The van der Waals surface area contributed by atoms with E-state index in [0.717, 1.165) is 54.3 Å². The second-order valence-electron chi connectivity index (χ2n) is 8.47. The molecule has 0 aliphatic carbocycles. The highest BCUT2D eigenvalue weighted by atomic mass is 19.1. The van der Waals surface area contributed by atoms with E-state index in [1.807, 2.05) is 36.4 Å². The summed E-state index contributed by atoms with van der Waals surface area (Å²) in [7, 11) is 0. The van der Waals surface area contributed by atoms with Gasteiger partial charge in [0.15, 0.2) is 0 Å². The first-order valence-corrected chi connectivity index (χ1v) is 12.0. The van der Waals surface area contributed by atoms with E-state index in [2.05, 4.69) is 47.6 Å². The van der Waals surface area contributed by atoms with Crippen LogP contribution in [0, 0.1) is 11.6 Å². The molecule has 0 saturated heterocycles. The normalized spacial score (nSPS) is 11.3. The molecular weight excluding hydrogens is 428 g/mol. The van der Waals surface area contributed by atoms with Gasteiger partial charge < -0.3 is 4.57 Å². The van der Waals surface area contributed by atoms with Gasteiger partial charge >= 0.3 is 0 Å². The molecule has 0 bridgehead atoms. The lowest BCUT2D eigenvalue weighted by atomic mass is 10.1. The fraction of sp³-hybridized carbons (Fsp3) is 0.276. The molecule has 3 aromatic carbocycles. The first-order valence-electron chi connectivity index (χ1n) is 12.0. The van der Waals surface area contributed by atoms with Crippen LogP contribution in [0.5, 0.6) is 0 Å². The Kier molecular flexibility index (Phi) is 7.86. The van der Waals surface area contributed by atoms with Crippen LogP contribution < -0.4 is 0 Å². The number of hydrogen-bond acceptors (Lipinski definition) is 2. The van der Waals surface area contributed by atoms with Gasteiger partial charge in [0.1, 0.15) is 17.5 Å². The first kappa shape index (κ1) is 23.8. The molecule has 176 valence electrons. The van der Waals surface area contributed by atoms with Crippen molar-refractivity contribution in [2.24, 2.45) is 0 Å². The van der Waals surface area contributed by atoms with Crippen LogP contribution in [0.2, 0.25) is 0 Å². The Labute approximate surface area is 200 Å². The van der Waals surface area contributed by atoms with Gasteiger partial charge in [-0.2, -0.15) is 0 Å². The molecule has 4 rings (SSSR count). The van der Waals surface area contributed by atoms with E-state index in [0.29, 0.717) is 6.54 Å². The first-order chi connectivity index (χ1) is 16.6. The molecule has 1 aromatic heterocycles. The molecule has 0 unspecified atom stereocenters. The zero-order valence-electron chi connectivity index (χ0n) is 19.8. The van der Waals surface area contributed by atoms with Crippen LogP contribution in [-0.2, 0) is 19.6 Å². The van der Waals surface area contributed by atoms with E-state index >= 15 is 0 Å². The molecule has 1 heterocycles. The molecule has 0 aliphatic heterocycles. The molecule has 0 aliphatic rings. The number of halogens is 2. The average molecular weight is 460 g/mol. The van der Waals surface area contributed by atoms with Crippen molar-refractivity contribution in [1.82, 2.24) is 14.5 Å². The molecule has 0 spiro atoms. The SMILES string of the molecule is CCCCN(Cc1c(F)cccc1F)Cc1c(-c2ccccc2)nc(-c2ccccc2)n1CC. The minimum Gasteiger partial charge on any atom is -0.327 e. The average Bonchev–Trinajstić information content (AvgIpc) is 3.23. The van der Waals surface area contributed by atoms with Crippen LogP contribution in [0.4, 0.5) is 8.78 Å². The van der Waals surface area contributed by atoms with Gasteiger partial charge in [-0.3, -0.25) is 4.90 Å². The van der Waals surface area contributed by atoms with Gasteiger partial charge in [0, 0.05) is 36.3 Å². The van der Waals surface area contributed by atoms with Crippen LogP contribution in [0.3, 0.4) is 0 Å². The Morgan fingerprint density at radius 2 is 1.38 bits per heavy atom. The number of aromatic nitrogens is 2. The number of nitrogens with zero attached hydrogens (tertiary/aromatic N) is 3. The fourth-order valence-corrected chi connectivity index (χ4v) is 4.34. The number of rotatable bonds is 10. The lowest BCUT2D eigenvalue weighted by Crippen LogP contribution is -2.27. The second kappa shape index (κ2) is 11.2. The highest BCUT2D eigenvalue weighted by Gasteiger charge is 2.22. The summed E-state index contributed by atoms with van der Waals surface area (Å²) in [6, 6.07) is 24.4. The summed E-state index contributed by atoms with van der Waals surface area (Å²) in [4.78, 5) is 7.22. The number of hydrogen-bond donors (Lipinski definition) is 0. The van der Waals surface area contributed by atoms with Crippen molar-refractivity contribution in [3.8, 4) is 22.6 Å². The quantitative estimate of drug-likeness (QED) is 0.248. The molecule has 0 saturated carbocycles. The Morgan fingerprint density at radius 1 is 0.765 bits per heavy atom. The second-order valence-corrected chi connectivity index (χ2v) is 8.47. The zero-order chi connectivity index (χ0) is 23.9. The van der Waals surface area contributed by atoms with Gasteiger partial charge in [0.05, 0.1) is 11.4 Å². The maximum atomic E-state index is 14.5. The number of imidazole rings is 1. The molecule has 3 nitrogen and oxygen atoms in total. The smallest absolute Gasteiger partial charge is 0.140 e. The van der Waals surface area contributed by atoms with E-state index in [1.165, 1.54) is 18.2 Å². The summed E-state index contributed by atoms with van der Waals surface area (Å²) in [6.07, 6.45) is 1.95. The van der Waals surface area contributed by atoms with Gasteiger partial charge in [0.2, 0.25) is 0 Å². The predicted octanol–water partition coefficient (Wildman–Crippen LogP) is 7.32. The third-order valence-corrected chi connectivity index (χ3v) is 6.11. The van der Waals surface area contributed by atoms with Gasteiger partial charge in [0.25, 0.3) is 0 Å². The molecule has 34 heavy (non-hydrogen) atoms. The summed E-state index contributed by atoms with van der Waals surface area (Å²) in [5.74, 6) is -0.0954. The Morgan fingerprint density at radius 3 is 1.97 bits per heavy atom. The van der Waals surface area contributed by atoms with Crippen molar-refractivity contribution in [2.75, 3.05) is 6.54 Å². The molecule has 0 atom stereocenters. The number of benzene rings is 3. The van der Waals surface area contributed by atoms with E-state index in [-0.39, 0.29) is 12.1 Å². The maximum Gasteiger partial charge on any atom is 0.140 e. The third-order valence-electron chi connectivity index (χ3n) is 6.11. The summed E-state index contributed by atoms with van der Waals surface area (Å²) < 4.78 is 31.2. The summed E-state index contributed by atoms with van der Waals surface area (Å²) in [6.45, 7) is 6.48. The van der Waals surface area contributed by atoms with E-state index in [4.69, 9.17) is 4.98 Å². The molecule has 0 radical (unpaired) electrons. The van der Waals surface area contributed by atoms with Crippen LogP contribution in [-0.4, -0.2) is 21.0 Å². The highest BCUT2D eigenvalue weighted by Crippen LogP contribution is 2.31. The summed E-state index contributed by atoms with van der Waals surface area (Å²) in [5.41, 5.74) is 4.17. The van der Waals surface area contributed by atoms with Crippen molar-refractivity contribution in [3.63, 3.8) is 0 Å². The van der Waals surface area contributed by atoms with E-state index in [9.17, 15) is 8.78 Å². The Hall–Kier alpha value is -3.31. The monoisotopic (exact) mass is 459 g/mol. The Balaban J connectivity index is 1.79. The minimum absolute atomic E-state index is 0.116. The zero-order valence-corrected chi connectivity index (χ0v) is 19.8. The molecule has 0 N–H and O–H groups in total. The largest absolute Gasteiger partial charge is 0.327 e. The Bertz CT molecular complexity index is 1180. The number of unbranched alkanes of at least 4 members (excludes halogenated alkanes) is 1. The van der Waals surface area contributed by atoms with Crippen molar-refractivity contribution >= 4 is 0 Å². The molecular formula is C29H31F2N3. The lowest BCUT2D eigenvalue weighted by molar-refractivity contribution is 0.239. The summed E-state index contributed by atoms with van der Waals surface area (Å²) in [5, 5.41) is 0. The molecule has 4 aromatic rings. The summed E-state index contributed by atoms with van der Waals surface area (Å²) >= 11 is 0. The van der Waals surface area contributed by atoms with Crippen LogP contribution in [0.15, 0.2) is 78.9 Å². The molecule has 0 amide bonds. The highest BCUT2D eigenvalue weighted by molar-refractivity contribution is 5.68. The molecule has 5 heteroatoms. The van der Waals surface area contributed by atoms with E-state index < -0.39 is 11.6 Å². The lowest BCUT2D eigenvalue weighted by Gasteiger charge is -2.24. The predicted molar refractivity (Wildman–Crippen MR) is 134 cm³/mol. The van der Waals surface area contributed by atoms with Crippen molar-refractivity contribution < 1.29 is 8.78 Å².